The van der Waals surface area contributed by atoms with Gasteiger partial charge in [0.05, 0.1) is 16.7 Å². The highest BCUT2D eigenvalue weighted by atomic mass is 32.2. The number of rotatable bonds is 4. The third kappa shape index (κ3) is 2.96. The summed E-state index contributed by atoms with van der Waals surface area (Å²) >= 11 is 0.994. The Bertz CT molecular complexity index is 526. The van der Waals surface area contributed by atoms with Crippen LogP contribution in [0.2, 0.25) is 0 Å². The molecule has 5 nitrogen and oxygen atoms in total. The SMILES string of the molecule is Cc1ccc(N2C(=O)C[C@H](SCC(=O)O)C2=O)cc1. The Labute approximate surface area is 114 Å². The number of carboxylic acids is 1. The van der Waals surface area contributed by atoms with Gasteiger partial charge in [-0.3, -0.25) is 14.4 Å². The van der Waals surface area contributed by atoms with Gasteiger partial charge in [0.15, 0.2) is 0 Å². The van der Waals surface area contributed by atoms with E-state index in [0.717, 1.165) is 22.2 Å². The first-order chi connectivity index (χ1) is 8.99. The molecule has 0 spiro atoms. The minimum Gasteiger partial charge on any atom is -0.481 e. The predicted octanol–water partition coefficient (Wildman–Crippen LogP) is 1.44. The van der Waals surface area contributed by atoms with Crippen molar-refractivity contribution in [1.82, 2.24) is 0 Å². The summed E-state index contributed by atoms with van der Waals surface area (Å²) in [6.45, 7) is 1.92. The molecule has 0 radical (unpaired) electrons. The molecule has 1 fully saturated rings. The fourth-order valence-electron chi connectivity index (χ4n) is 1.87. The molecule has 0 bridgehead atoms. The Kier molecular flexibility index (Phi) is 3.90. The summed E-state index contributed by atoms with van der Waals surface area (Å²) in [6, 6.07) is 7.09. The van der Waals surface area contributed by atoms with E-state index in [1.165, 1.54) is 0 Å². The monoisotopic (exact) mass is 279 g/mol. The second-order valence-corrected chi connectivity index (χ2v) is 5.49. The number of hydrogen-bond donors (Lipinski definition) is 1. The molecule has 6 heteroatoms. The molecule has 1 aromatic rings. The zero-order chi connectivity index (χ0) is 14.0. The molecule has 1 aliphatic heterocycles. The first-order valence-electron chi connectivity index (χ1n) is 5.76. The van der Waals surface area contributed by atoms with Crippen LogP contribution in [-0.4, -0.2) is 33.9 Å². The van der Waals surface area contributed by atoms with Crippen molar-refractivity contribution in [2.75, 3.05) is 10.7 Å². The van der Waals surface area contributed by atoms with Gasteiger partial charge in [0, 0.05) is 6.42 Å². The van der Waals surface area contributed by atoms with Crippen LogP contribution in [0.1, 0.15) is 12.0 Å². The minimum absolute atomic E-state index is 0.0602. The van der Waals surface area contributed by atoms with Gasteiger partial charge in [-0.2, -0.15) is 0 Å². The van der Waals surface area contributed by atoms with E-state index in [2.05, 4.69) is 0 Å². The van der Waals surface area contributed by atoms with Gasteiger partial charge in [-0.05, 0) is 19.1 Å². The summed E-state index contributed by atoms with van der Waals surface area (Å²) in [4.78, 5) is 35.6. The molecule has 1 atom stereocenters. The first kappa shape index (κ1) is 13.6. The van der Waals surface area contributed by atoms with E-state index in [9.17, 15) is 14.4 Å². The van der Waals surface area contributed by atoms with Crippen LogP contribution >= 0.6 is 11.8 Å². The molecule has 19 heavy (non-hydrogen) atoms. The highest BCUT2D eigenvalue weighted by molar-refractivity contribution is 8.01. The Balaban J connectivity index is 2.14. The Hall–Kier alpha value is -1.82. The smallest absolute Gasteiger partial charge is 0.313 e. The third-order valence-electron chi connectivity index (χ3n) is 2.81. The maximum absolute atomic E-state index is 12.1. The van der Waals surface area contributed by atoms with Crippen molar-refractivity contribution in [3.05, 3.63) is 29.8 Å². The van der Waals surface area contributed by atoms with E-state index in [1.807, 2.05) is 19.1 Å². The number of carboxylic acid groups (broad SMARTS) is 1. The van der Waals surface area contributed by atoms with Crippen LogP contribution in [0.25, 0.3) is 0 Å². The highest BCUT2D eigenvalue weighted by Gasteiger charge is 2.39. The molecule has 2 amide bonds. The van der Waals surface area contributed by atoms with Crippen LogP contribution in [0, 0.1) is 6.92 Å². The van der Waals surface area contributed by atoms with Gasteiger partial charge in [0.1, 0.15) is 0 Å². The third-order valence-corrected chi connectivity index (χ3v) is 3.99. The molecule has 1 N–H and O–H groups in total. The zero-order valence-corrected chi connectivity index (χ0v) is 11.1. The van der Waals surface area contributed by atoms with Gasteiger partial charge in [0.25, 0.3) is 0 Å². The number of aryl methyl sites for hydroxylation is 1. The van der Waals surface area contributed by atoms with Gasteiger partial charge in [-0.1, -0.05) is 17.7 Å². The molecule has 0 aliphatic carbocycles. The zero-order valence-electron chi connectivity index (χ0n) is 10.3. The van der Waals surface area contributed by atoms with Crippen LogP contribution in [0.4, 0.5) is 5.69 Å². The molecular weight excluding hydrogens is 266 g/mol. The van der Waals surface area contributed by atoms with E-state index in [1.54, 1.807) is 12.1 Å². The fraction of sp³-hybridized carbons (Fsp3) is 0.308. The Morgan fingerprint density at radius 3 is 2.58 bits per heavy atom. The molecule has 1 aromatic carbocycles. The Morgan fingerprint density at radius 2 is 2.00 bits per heavy atom. The normalized spacial score (nSPS) is 19.0. The van der Waals surface area contributed by atoms with E-state index in [-0.39, 0.29) is 24.0 Å². The number of benzene rings is 1. The van der Waals surface area contributed by atoms with E-state index in [4.69, 9.17) is 5.11 Å². The maximum Gasteiger partial charge on any atom is 0.313 e. The highest BCUT2D eigenvalue weighted by Crippen LogP contribution is 2.29. The van der Waals surface area contributed by atoms with Crippen molar-refractivity contribution in [3.8, 4) is 0 Å². The van der Waals surface area contributed by atoms with Crippen LogP contribution in [0.5, 0.6) is 0 Å². The average molecular weight is 279 g/mol. The van der Waals surface area contributed by atoms with Gasteiger partial charge < -0.3 is 5.11 Å². The molecule has 1 saturated heterocycles. The van der Waals surface area contributed by atoms with Crippen molar-refractivity contribution in [3.63, 3.8) is 0 Å². The average Bonchev–Trinajstić information content (AvgIpc) is 2.63. The van der Waals surface area contributed by atoms with E-state index < -0.39 is 11.2 Å². The molecular formula is C13H13NO4S. The number of thioether (sulfide) groups is 1. The second kappa shape index (κ2) is 5.44. The predicted molar refractivity (Wildman–Crippen MR) is 72.2 cm³/mol. The number of aliphatic carboxylic acids is 1. The van der Waals surface area contributed by atoms with Crippen LogP contribution in [0.15, 0.2) is 24.3 Å². The molecule has 0 aromatic heterocycles. The van der Waals surface area contributed by atoms with Gasteiger partial charge in [-0.15, -0.1) is 11.8 Å². The lowest BCUT2D eigenvalue weighted by Gasteiger charge is -2.14. The quantitative estimate of drug-likeness (QED) is 0.844. The number of hydrogen-bond acceptors (Lipinski definition) is 4. The number of nitrogens with zero attached hydrogens (tertiary/aromatic N) is 1. The van der Waals surface area contributed by atoms with Crippen molar-refractivity contribution in [2.45, 2.75) is 18.6 Å². The van der Waals surface area contributed by atoms with Crippen molar-refractivity contribution in [2.24, 2.45) is 0 Å². The summed E-state index contributed by atoms with van der Waals surface area (Å²) in [5.74, 6) is -1.78. The van der Waals surface area contributed by atoms with Gasteiger partial charge in [-0.25, -0.2) is 4.90 Å². The summed E-state index contributed by atoms with van der Waals surface area (Å²) in [7, 11) is 0. The van der Waals surface area contributed by atoms with Crippen molar-refractivity contribution >= 4 is 35.2 Å². The van der Waals surface area contributed by atoms with E-state index in [0.29, 0.717) is 5.69 Å². The molecule has 0 saturated carbocycles. The summed E-state index contributed by atoms with van der Waals surface area (Å²) < 4.78 is 0. The first-order valence-corrected chi connectivity index (χ1v) is 6.81. The van der Waals surface area contributed by atoms with Gasteiger partial charge >= 0.3 is 5.97 Å². The largest absolute Gasteiger partial charge is 0.481 e. The van der Waals surface area contributed by atoms with Crippen LogP contribution in [0.3, 0.4) is 0 Å². The number of carbonyl (C=O) groups is 3. The number of amides is 2. The lowest BCUT2D eigenvalue weighted by Crippen LogP contribution is -2.31. The summed E-state index contributed by atoms with van der Waals surface area (Å²) in [5.41, 5.74) is 1.58. The molecule has 1 heterocycles. The number of anilines is 1. The fourth-order valence-corrected chi connectivity index (χ4v) is 2.72. The molecule has 100 valence electrons. The lowest BCUT2D eigenvalue weighted by molar-refractivity contribution is -0.134. The van der Waals surface area contributed by atoms with Crippen LogP contribution < -0.4 is 4.90 Å². The lowest BCUT2D eigenvalue weighted by atomic mass is 10.2. The van der Waals surface area contributed by atoms with Crippen molar-refractivity contribution < 1.29 is 19.5 Å². The van der Waals surface area contributed by atoms with Gasteiger partial charge in [0.2, 0.25) is 11.8 Å². The standard InChI is InChI=1S/C13H13NO4S/c1-8-2-4-9(5-3-8)14-11(15)6-10(13(14)18)19-7-12(16)17/h2-5,10H,6-7H2,1H3,(H,16,17)/t10-/m0/s1. The second-order valence-electron chi connectivity index (χ2n) is 4.30. The van der Waals surface area contributed by atoms with Crippen LogP contribution in [-0.2, 0) is 14.4 Å². The summed E-state index contributed by atoms with van der Waals surface area (Å²) in [6.07, 6.45) is 0.0602. The van der Waals surface area contributed by atoms with Crippen molar-refractivity contribution in [1.29, 1.82) is 0 Å². The minimum atomic E-state index is -0.987. The molecule has 1 aliphatic rings. The topological polar surface area (TPSA) is 74.7 Å². The Morgan fingerprint density at radius 1 is 1.37 bits per heavy atom. The maximum atomic E-state index is 12.1. The number of imide groups is 1. The number of carbonyl (C=O) groups excluding carboxylic acids is 2. The summed E-state index contributed by atoms with van der Waals surface area (Å²) in [5, 5.41) is 8.02. The molecule has 2 rings (SSSR count). The molecule has 0 unspecified atom stereocenters. The van der Waals surface area contributed by atoms with E-state index >= 15 is 0 Å².